The predicted octanol–water partition coefficient (Wildman–Crippen LogP) is 6.86. The Bertz CT molecular complexity index is 1370. The van der Waals surface area contributed by atoms with E-state index in [1.54, 1.807) is 24.3 Å². The minimum Gasteiger partial charge on any atom is -0.480 e. The van der Waals surface area contributed by atoms with Crippen molar-refractivity contribution in [1.82, 2.24) is 15.0 Å². The van der Waals surface area contributed by atoms with E-state index in [0.29, 0.717) is 17.0 Å². The number of nitrogens with one attached hydrogen (secondary N) is 2. The van der Waals surface area contributed by atoms with Crippen LogP contribution in [0.4, 0.5) is 30.8 Å². The first-order valence-corrected chi connectivity index (χ1v) is 13.2. The molecule has 0 amide bonds. The van der Waals surface area contributed by atoms with E-state index >= 15 is 0 Å². The number of benzene rings is 3. The van der Waals surface area contributed by atoms with Crippen LogP contribution in [0.25, 0.3) is 11.4 Å². The molecule has 1 heterocycles. The summed E-state index contributed by atoms with van der Waals surface area (Å²) in [4.78, 5) is 25.0. The van der Waals surface area contributed by atoms with Gasteiger partial charge in [-0.05, 0) is 42.0 Å². The number of carboxylic acids is 1. The van der Waals surface area contributed by atoms with Gasteiger partial charge >= 0.3 is 12.1 Å². The number of carboxylic acid groups (broad SMARTS) is 1. The number of alkyl halides is 3. The number of anilines is 3. The average molecular weight is 604 g/mol. The molecule has 0 fully saturated rings. The largest absolute Gasteiger partial charge is 0.480 e. The third-order valence-corrected chi connectivity index (χ3v) is 6.84. The Balaban J connectivity index is 1.57. The van der Waals surface area contributed by atoms with Crippen LogP contribution in [0.5, 0.6) is 0 Å². The van der Waals surface area contributed by atoms with Gasteiger partial charge in [0.05, 0.1) is 5.56 Å². The smallest absolute Gasteiger partial charge is 0.416 e. The summed E-state index contributed by atoms with van der Waals surface area (Å²) >= 11 is 4.82. The zero-order chi connectivity index (χ0) is 27.1. The van der Waals surface area contributed by atoms with Gasteiger partial charge in [0.25, 0.3) is 0 Å². The lowest BCUT2D eigenvalue weighted by atomic mass is 10.2. The highest BCUT2D eigenvalue weighted by molar-refractivity contribution is 9.10. The van der Waals surface area contributed by atoms with Crippen molar-refractivity contribution in [1.29, 1.82) is 0 Å². The third kappa shape index (κ3) is 7.68. The summed E-state index contributed by atoms with van der Waals surface area (Å²) in [5.74, 6) is 0.111. The van der Waals surface area contributed by atoms with Crippen LogP contribution in [0.2, 0.25) is 0 Å². The molecule has 4 rings (SSSR count). The molecule has 1 unspecified atom stereocenters. The molecular weight excluding hydrogens is 583 g/mol. The second-order valence-corrected chi connectivity index (χ2v) is 10.00. The fraction of sp³-hybridized carbons (Fsp3) is 0.154. The molecule has 0 aliphatic carbocycles. The zero-order valence-electron chi connectivity index (χ0n) is 19.6. The number of thioether (sulfide) groups is 1. The van der Waals surface area contributed by atoms with Gasteiger partial charge in [0.15, 0.2) is 5.82 Å². The van der Waals surface area contributed by atoms with E-state index in [4.69, 9.17) is 0 Å². The highest BCUT2D eigenvalue weighted by Gasteiger charge is 2.30. The normalized spacial score (nSPS) is 12.1. The van der Waals surface area contributed by atoms with Gasteiger partial charge < -0.3 is 15.7 Å². The van der Waals surface area contributed by atoms with E-state index in [0.717, 1.165) is 22.2 Å². The number of nitrogens with zero attached hydrogens (tertiary/aromatic N) is 3. The van der Waals surface area contributed by atoms with Gasteiger partial charge in [0.2, 0.25) is 11.9 Å². The summed E-state index contributed by atoms with van der Waals surface area (Å²) in [5.41, 5.74) is 1.25. The van der Waals surface area contributed by atoms with Crippen LogP contribution in [0, 0.1) is 0 Å². The summed E-state index contributed by atoms with van der Waals surface area (Å²) in [6.07, 6.45) is -4.46. The van der Waals surface area contributed by atoms with Crippen molar-refractivity contribution < 1.29 is 23.1 Å². The summed E-state index contributed by atoms with van der Waals surface area (Å²) in [7, 11) is 0. The van der Waals surface area contributed by atoms with Crippen LogP contribution < -0.4 is 10.6 Å². The SMILES string of the molecule is O=C(O)C(CSCc1ccccc1)Nc1nc(Nc2ccc(C(F)(F)F)cc2)nc(-c2ccc(Br)cc2)n1. The quantitative estimate of drug-likeness (QED) is 0.181. The summed E-state index contributed by atoms with van der Waals surface area (Å²) in [6.45, 7) is 0. The Morgan fingerprint density at radius 1 is 0.921 bits per heavy atom. The van der Waals surface area contributed by atoms with Crippen LogP contribution in [0.15, 0.2) is 83.3 Å². The third-order valence-electron chi connectivity index (χ3n) is 5.20. The van der Waals surface area contributed by atoms with Gasteiger partial charge in [-0.2, -0.15) is 39.9 Å². The predicted molar refractivity (Wildman–Crippen MR) is 145 cm³/mol. The average Bonchev–Trinajstić information content (AvgIpc) is 2.89. The summed E-state index contributed by atoms with van der Waals surface area (Å²) in [5, 5.41) is 15.5. The van der Waals surface area contributed by atoms with E-state index in [9.17, 15) is 23.1 Å². The number of hydrogen-bond acceptors (Lipinski definition) is 7. The van der Waals surface area contributed by atoms with Crippen LogP contribution in [0.1, 0.15) is 11.1 Å². The van der Waals surface area contributed by atoms with Crippen molar-refractivity contribution in [2.24, 2.45) is 0 Å². The molecule has 0 saturated heterocycles. The molecule has 0 saturated carbocycles. The lowest BCUT2D eigenvalue weighted by molar-refractivity contribution is -0.138. The van der Waals surface area contributed by atoms with Crippen molar-refractivity contribution in [3.05, 3.63) is 94.5 Å². The summed E-state index contributed by atoms with van der Waals surface area (Å²) < 4.78 is 39.6. The first kappa shape index (κ1) is 27.4. The van der Waals surface area contributed by atoms with Gasteiger partial charge in [0.1, 0.15) is 6.04 Å². The molecular formula is C26H21BrF3N5O2S. The van der Waals surface area contributed by atoms with E-state index in [1.165, 1.54) is 23.9 Å². The summed E-state index contributed by atoms with van der Waals surface area (Å²) in [6, 6.07) is 20.3. The molecule has 0 radical (unpaired) electrons. The molecule has 3 N–H and O–H groups in total. The van der Waals surface area contributed by atoms with Crippen molar-refractivity contribution in [3.8, 4) is 11.4 Å². The molecule has 1 atom stereocenters. The Hall–Kier alpha value is -3.64. The molecule has 196 valence electrons. The number of hydrogen-bond donors (Lipinski definition) is 3. The Morgan fingerprint density at radius 3 is 2.21 bits per heavy atom. The molecule has 12 heteroatoms. The van der Waals surface area contributed by atoms with E-state index in [2.05, 4.69) is 41.5 Å². The number of carbonyl (C=O) groups is 1. The molecule has 1 aromatic heterocycles. The van der Waals surface area contributed by atoms with Gasteiger partial charge in [-0.3, -0.25) is 0 Å². The molecule has 3 aromatic carbocycles. The standard InChI is InChI=1S/C26H21BrF3N5O2S/c27-19-10-6-17(7-11-19)22-33-24(31-20-12-8-18(9-13-20)26(28,29)30)35-25(34-22)32-21(23(36)37)15-38-14-16-4-2-1-3-5-16/h1-13,21H,14-15H2,(H,36,37)(H2,31,32,33,34,35). The monoisotopic (exact) mass is 603 g/mol. The van der Waals surface area contributed by atoms with Gasteiger partial charge in [-0.15, -0.1) is 0 Å². The van der Waals surface area contributed by atoms with Crippen molar-refractivity contribution >= 4 is 51.2 Å². The van der Waals surface area contributed by atoms with Crippen LogP contribution >= 0.6 is 27.7 Å². The Labute approximate surface area is 229 Å². The molecule has 7 nitrogen and oxygen atoms in total. The van der Waals surface area contributed by atoms with E-state index < -0.39 is 23.8 Å². The number of halogens is 4. The lowest BCUT2D eigenvalue weighted by Gasteiger charge is -2.16. The van der Waals surface area contributed by atoms with Crippen molar-refractivity contribution in [3.63, 3.8) is 0 Å². The van der Waals surface area contributed by atoms with Gasteiger partial charge in [-0.25, -0.2) is 4.79 Å². The van der Waals surface area contributed by atoms with Crippen LogP contribution in [-0.2, 0) is 16.7 Å². The van der Waals surface area contributed by atoms with Crippen LogP contribution in [0.3, 0.4) is 0 Å². The first-order chi connectivity index (χ1) is 18.2. The Morgan fingerprint density at radius 2 is 1.58 bits per heavy atom. The minimum atomic E-state index is -4.46. The molecule has 0 aliphatic heterocycles. The van der Waals surface area contributed by atoms with Crippen molar-refractivity contribution in [2.75, 3.05) is 16.4 Å². The minimum absolute atomic E-state index is 0.0139. The number of aliphatic carboxylic acids is 1. The van der Waals surface area contributed by atoms with Crippen molar-refractivity contribution in [2.45, 2.75) is 18.0 Å². The molecule has 38 heavy (non-hydrogen) atoms. The fourth-order valence-corrected chi connectivity index (χ4v) is 4.57. The highest BCUT2D eigenvalue weighted by Crippen LogP contribution is 2.30. The van der Waals surface area contributed by atoms with E-state index in [1.807, 2.05) is 30.3 Å². The molecule has 0 bridgehead atoms. The molecule has 0 spiro atoms. The maximum Gasteiger partial charge on any atom is 0.416 e. The highest BCUT2D eigenvalue weighted by atomic mass is 79.9. The van der Waals surface area contributed by atoms with E-state index in [-0.39, 0.29) is 23.5 Å². The Kier molecular flexibility index (Phi) is 8.85. The maximum atomic E-state index is 12.9. The topological polar surface area (TPSA) is 100 Å². The second-order valence-electron chi connectivity index (χ2n) is 8.05. The number of aromatic nitrogens is 3. The van der Waals surface area contributed by atoms with Gasteiger partial charge in [0, 0.05) is 27.2 Å². The zero-order valence-corrected chi connectivity index (χ0v) is 22.0. The molecule has 4 aromatic rings. The van der Waals surface area contributed by atoms with Crippen LogP contribution in [-0.4, -0.2) is 37.8 Å². The fourth-order valence-electron chi connectivity index (χ4n) is 3.30. The maximum absolute atomic E-state index is 12.9. The molecule has 0 aliphatic rings. The van der Waals surface area contributed by atoms with Gasteiger partial charge in [-0.1, -0.05) is 58.4 Å². The lowest BCUT2D eigenvalue weighted by Crippen LogP contribution is -2.32. The number of rotatable bonds is 10. The second kappa shape index (κ2) is 12.3. The first-order valence-electron chi connectivity index (χ1n) is 11.2.